The van der Waals surface area contributed by atoms with E-state index >= 15 is 0 Å². The maximum Gasteiger partial charge on any atom is 0.138 e. The lowest BCUT2D eigenvalue weighted by atomic mass is 10.0. The van der Waals surface area contributed by atoms with Crippen molar-refractivity contribution < 1.29 is 0 Å². The topological polar surface area (TPSA) is 86.6 Å². The van der Waals surface area contributed by atoms with Gasteiger partial charge in [0.05, 0.1) is 11.7 Å². The van der Waals surface area contributed by atoms with Gasteiger partial charge < -0.3 is 0 Å². The maximum absolute atomic E-state index is 5.74. The molecule has 0 saturated heterocycles. The molecule has 2 rings (SSSR count). The standard InChI is InChI=1S/C13H23N7/c1-5-11-10(7-19(4)18-11)12(17-14)6-13-15-8-16-20(13)9(2)3/h7-9,12,17H,5-6,14H2,1-4H3. The van der Waals surface area contributed by atoms with Gasteiger partial charge in [-0.15, -0.1) is 0 Å². The van der Waals surface area contributed by atoms with Crippen molar-refractivity contribution in [2.45, 2.75) is 45.7 Å². The Balaban J connectivity index is 2.26. The van der Waals surface area contributed by atoms with Crippen molar-refractivity contribution in [3.8, 4) is 0 Å². The lowest BCUT2D eigenvalue weighted by molar-refractivity contribution is 0.467. The van der Waals surface area contributed by atoms with Gasteiger partial charge >= 0.3 is 0 Å². The third kappa shape index (κ3) is 2.88. The molecular weight excluding hydrogens is 254 g/mol. The van der Waals surface area contributed by atoms with E-state index < -0.39 is 0 Å². The van der Waals surface area contributed by atoms with E-state index in [9.17, 15) is 0 Å². The van der Waals surface area contributed by atoms with Crippen LogP contribution < -0.4 is 11.3 Å². The minimum absolute atomic E-state index is 0.0136. The van der Waals surface area contributed by atoms with Crippen LogP contribution in [0.3, 0.4) is 0 Å². The monoisotopic (exact) mass is 277 g/mol. The van der Waals surface area contributed by atoms with Crippen LogP contribution in [0, 0.1) is 0 Å². The molecule has 0 saturated carbocycles. The number of hydrogen-bond acceptors (Lipinski definition) is 5. The van der Waals surface area contributed by atoms with Gasteiger partial charge in [-0.25, -0.2) is 9.67 Å². The molecule has 2 aromatic rings. The molecule has 3 N–H and O–H groups in total. The molecule has 0 aliphatic carbocycles. The normalized spacial score (nSPS) is 13.1. The molecule has 7 heteroatoms. The molecule has 2 heterocycles. The van der Waals surface area contributed by atoms with E-state index in [4.69, 9.17) is 5.84 Å². The van der Waals surface area contributed by atoms with Crippen LogP contribution in [0.2, 0.25) is 0 Å². The molecule has 0 fully saturated rings. The zero-order valence-corrected chi connectivity index (χ0v) is 12.5. The fraction of sp³-hybridized carbons (Fsp3) is 0.615. The first-order valence-corrected chi connectivity index (χ1v) is 6.93. The van der Waals surface area contributed by atoms with Crippen LogP contribution in [0.25, 0.3) is 0 Å². The van der Waals surface area contributed by atoms with Crippen LogP contribution >= 0.6 is 0 Å². The molecule has 7 nitrogen and oxygen atoms in total. The quantitative estimate of drug-likeness (QED) is 0.605. The average Bonchev–Trinajstić information content (AvgIpc) is 3.01. The molecule has 0 radical (unpaired) electrons. The van der Waals surface area contributed by atoms with Crippen molar-refractivity contribution in [3.05, 3.63) is 29.6 Å². The van der Waals surface area contributed by atoms with Gasteiger partial charge in [-0.2, -0.15) is 10.2 Å². The Morgan fingerprint density at radius 2 is 2.15 bits per heavy atom. The summed E-state index contributed by atoms with van der Waals surface area (Å²) in [6.07, 6.45) is 5.17. The summed E-state index contributed by atoms with van der Waals surface area (Å²) in [7, 11) is 1.92. The molecule has 0 amide bonds. The van der Waals surface area contributed by atoms with Crippen LogP contribution in [0.15, 0.2) is 12.5 Å². The number of hydrazine groups is 1. The summed E-state index contributed by atoms with van der Waals surface area (Å²) < 4.78 is 3.75. The van der Waals surface area contributed by atoms with E-state index in [1.54, 1.807) is 6.33 Å². The Morgan fingerprint density at radius 3 is 2.75 bits per heavy atom. The lowest BCUT2D eigenvalue weighted by Gasteiger charge is -2.17. The third-order valence-corrected chi connectivity index (χ3v) is 3.37. The van der Waals surface area contributed by atoms with Gasteiger partial charge in [0.1, 0.15) is 12.2 Å². The van der Waals surface area contributed by atoms with Gasteiger partial charge in [-0.1, -0.05) is 6.92 Å². The number of nitrogens with one attached hydrogen (secondary N) is 1. The minimum Gasteiger partial charge on any atom is -0.275 e. The summed E-state index contributed by atoms with van der Waals surface area (Å²) in [5.41, 5.74) is 5.06. The number of rotatable bonds is 6. The van der Waals surface area contributed by atoms with Crippen molar-refractivity contribution in [3.63, 3.8) is 0 Å². The highest BCUT2D eigenvalue weighted by Gasteiger charge is 2.20. The van der Waals surface area contributed by atoms with Crippen molar-refractivity contribution >= 4 is 0 Å². The predicted octanol–water partition coefficient (Wildman–Crippen LogP) is 0.902. The molecule has 0 spiro atoms. The molecule has 1 atom stereocenters. The summed E-state index contributed by atoms with van der Waals surface area (Å²) in [6, 6.07) is 0.269. The highest BCUT2D eigenvalue weighted by Crippen LogP contribution is 2.21. The number of aromatic nitrogens is 5. The molecule has 110 valence electrons. The van der Waals surface area contributed by atoms with Gasteiger partial charge in [0.25, 0.3) is 0 Å². The van der Waals surface area contributed by atoms with Gasteiger partial charge in [0.2, 0.25) is 0 Å². The number of aryl methyl sites for hydroxylation is 2. The molecule has 0 aliphatic rings. The largest absolute Gasteiger partial charge is 0.275 e. The zero-order chi connectivity index (χ0) is 14.7. The second-order valence-corrected chi connectivity index (χ2v) is 5.20. The van der Waals surface area contributed by atoms with Crippen molar-refractivity contribution in [1.82, 2.24) is 30.0 Å². The number of nitrogens with two attached hydrogens (primary N) is 1. The molecule has 20 heavy (non-hydrogen) atoms. The summed E-state index contributed by atoms with van der Waals surface area (Å²) in [6.45, 7) is 6.27. The second kappa shape index (κ2) is 6.15. The van der Waals surface area contributed by atoms with E-state index in [1.165, 1.54) is 0 Å². The van der Waals surface area contributed by atoms with E-state index in [0.717, 1.165) is 23.5 Å². The van der Waals surface area contributed by atoms with E-state index in [-0.39, 0.29) is 12.1 Å². The predicted molar refractivity (Wildman–Crippen MR) is 76.8 cm³/mol. The van der Waals surface area contributed by atoms with Crippen molar-refractivity contribution in [2.75, 3.05) is 0 Å². The Bertz CT molecular complexity index is 555. The minimum atomic E-state index is -0.0136. The Labute approximate surface area is 119 Å². The van der Waals surface area contributed by atoms with Gasteiger partial charge in [-0.05, 0) is 20.3 Å². The van der Waals surface area contributed by atoms with E-state index in [2.05, 4.69) is 41.4 Å². The van der Waals surface area contributed by atoms with Crippen LogP contribution in [-0.4, -0.2) is 24.5 Å². The Morgan fingerprint density at radius 1 is 1.40 bits per heavy atom. The summed E-state index contributed by atoms with van der Waals surface area (Å²) >= 11 is 0. The summed E-state index contributed by atoms with van der Waals surface area (Å²) in [4.78, 5) is 4.34. The fourth-order valence-electron chi connectivity index (χ4n) is 2.41. The second-order valence-electron chi connectivity index (χ2n) is 5.20. The highest BCUT2D eigenvalue weighted by atomic mass is 15.4. The molecule has 1 unspecified atom stereocenters. The first-order chi connectivity index (χ1) is 9.56. The third-order valence-electron chi connectivity index (χ3n) is 3.37. The summed E-state index contributed by atoms with van der Waals surface area (Å²) in [5, 5.41) is 8.72. The first-order valence-electron chi connectivity index (χ1n) is 6.93. The van der Waals surface area contributed by atoms with Gasteiger partial charge in [0.15, 0.2) is 0 Å². The SMILES string of the molecule is CCc1nn(C)cc1C(Cc1ncnn1C(C)C)NN. The highest BCUT2D eigenvalue weighted by molar-refractivity contribution is 5.22. The van der Waals surface area contributed by atoms with E-state index in [1.807, 2.05) is 22.6 Å². The van der Waals surface area contributed by atoms with Crippen LogP contribution in [-0.2, 0) is 19.9 Å². The fourth-order valence-corrected chi connectivity index (χ4v) is 2.41. The van der Waals surface area contributed by atoms with E-state index in [0.29, 0.717) is 6.42 Å². The first kappa shape index (κ1) is 14.7. The van der Waals surface area contributed by atoms with Crippen LogP contribution in [0.1, 0.15) is 49.9 Å². The van der Waals surface area contributed by atoms with Gasteiger partial charge in [0, 0.05) is 31.3 Å². The Hall–Kier alpha value is -1.73. The summed E-state index contributed by atoms with van der Waals surface area (Å²) in [5.74, 6) is 6.66. The molecule has 2 aromatic heterocycles. The zero-order valence-electron chi connectivity index (χ0n) is 12.5. The van der Waals surface area contributed by atoms with Crippen molar-refractivity contribution in [2.24, 2.45) is 12.9 Å². The number of hydrogen-bond donors (Lipinski definition) is 2. The van der Waals surface area contributed by atoms with Crippen LogP contribution in [0.4, 0.5) is 0 Å². The Kier molecular flexibility index (Phi) is 4.51. The lowest BCUT2D eigenvalue weighted by Crippen LogP contribution is -2.31. The molecular formula is C13H23N7. The number of nitrogens with zero attached hydrogens (tertiary/aromatic N) is 5. The molecule has 0 aliphatic heterocycles. The van der Waals surface area contributed by atoms with Gasteiger partial charge in [-0.3, -0.25) is 16.0 Å². The average molecular weight is 277 g/mol. The molecule has 0 bridgehead atoms. The van der Waals surface area contributed by atoms with Crippen molar-refractivity contribution in [1.29, 1.82) is 0 Å². The smallest absolute Gasteiger partial charge is 0.138 e. The van der Waals surface area contributed by atoms with Crippen LogP contribution in [0.5, 0.6) is 0 Å². The maximum atomic E-state index is 5.74. The molecule has 0 aromatic carbocycles.